The summed E-state index contributed by atoms with van der Waals surface area (Å²) in [5, 5.41) is 12.0. The Bertz CT molecular complexity index is 685. The summed E-state index contributed by atoms with van der Waals surface area (Å²) in [6.45, 7) is 2.03. The van der Waals surface area contributed by atoms with Crippen LogP contribution in [0.5, 0.6) is 0 Å². The van der Waals surface area contributed by atoms with Crippen molar-refractivity contribution in [3.05, 3.63) is 59.7 Å². The van der Waals surface area contributed by atoms with E-state index in [2.05, 4.69) is 5.32 Å². The maximum absolute atomic E-state index is 12.1. The molecule has 0 saturated carbocycles. The standard InChI is InChI=1S/C17H17NO3S/c1-2-12-7-3-5-9-14(12)18-16(19)11-22-15-10-6-4-8-13(15)17(20)21/h3-10H,2,11H2,1H3,(H,18,19)(H,20,21). The molecule has 0 aliphatic heterocycles. The third-order valence-electron chi connectivity index (χ3n) is 3.15. The van der Waals surface area contributed by atoms with E-state index in [1.807, 2.05) is 31.2 Å². The van der Waals surface area contributed by atoms with Gasteiger partial charge in [0.05, 0.1) is 11.3 Å². The minimum absolute atomic E-state index is 0.147. The highest BCUT2D eigenvalue weighted by Crippen LogP contribution is 2.23. The van der Waals surface area contributed by atoms with Crippen molar-refractivity contribution in [1.29, 1.82) is 0 Å². The third kappa shape index (κ3) is 4.11. The number of para-hydroxylation sites is 1. The van der Waals surface area contributed by atoms with Gasteiger partial charge >= 0.3 is 5.97 Å². The number of amides is 1. The Balaban J connectivity index is 2.00. The number of carboxylic acids is 1. The first-order chi connectivity index (χ1) is 10.6. The Morgan fingerprint density at radius 2 is 1.77 bits per heavy atom. The molecular formula is C17H17NO3S. The van der Waals surface area contributed by atoms with Gasteiger partial charge in [0, 0.05) is 10.6 Å². The summed E-state index contributed by atoms with van der Waals surface area (Å²) < 4.78 is 0. The van der Waals surface area contributed by atoms with Crippen molar-refractivity contribution in [2.45, 2.75) is 18.2 Å². The molecule has 0 heterocycles. The first-order valence-corrected chi connectivity index (χ1v) is 7.93. The molecule has 0 saturated heterocycles. The molecule has 4 nitrogen and oxygen atoms in total. The van der Waals surface area contributed by atoms with Crippen LogP contribution in [0, 0.1) is 0 Å². The lowest BCUT2D eigenvalue weighted by atomic mass is 10.1. The van der Waals surface area contributed by atoms with Crippen molar-refractivity contribution in [1.82, 2.24) is 0 Å². The van der Waals surface area contributed by atoms with Gasteiger partial charge in [0.1, 0.15) is 0 Å². The first-order valence-electron chi connectivity index (χ1n) is 6.94. The van der Waals surface area contributed by atoms with E-state index in [9.17, 15) is 9.59 Å². The molecule has 114 valence electrons. The molecule has 0 bridgehead atoms. The van der Waals surface area contributed by atoms with Gasteiger partial charge in [-0.15, -0.1) is 11.8 Å². The van der Waals surface area contributed by atoms with Crippen LogP contribution in [-0.2, 0) is 11.2 Å². The van der Waals surface area contributed by atoms with E-state index in [0.717, 1.165) is 17.7 Å². The molecule has 2 rings (SSSR count). The number of thioether (sulfide) groups is 1. The zero-order valence-corrected chi connectivity index (χ0v) is 13.0. The summed E-state index contributed by atoms with van der Waals surface area (Å²) in [7, 11) is 0. The Morgan fingerprint density at radius 3 is 2.50 bits per heavy atom. The monoisotopic (exact) mass is 315 g/mol. The topological polar surface area (TPSA) is 66.4 Å². The SMILES string of the molecule is CCc1ccccc1NC(=O)CSc1ccccc1C(=O)O. The number of nitrogens with one attached hydrogen (secondary N) is 1. The molecule has 22 heavy (non-hydrogen) atoms. The molecule has 5 heteroatoms. The normalized spacial score (nSPS) is 10.2. The Labute approximate surface area is 133 Å². The van der Waals surface area contributed by atoms with Gasteiger partial charge < -0.3 is 10.4 Å². The molecular weight excluding hydrogens is 298 g/mol. The lowest BCUT2D eigenvalue weighted by Gasteiger charge is -2.10. The molecule has 1 amide bonds. The summed E-state index contributed by atoms with van der Waals surface area (Å²) in [4.78, 5) is 23.8. The van der Waals surface area contributed by atoms with E-state index in [1.165, 1.54) is 17.8 Å². The summed E-state index contributed by atoms with van der Waals surface area (Å²) in [5.74, 6) is -0.964. The smallest absolute Gasteiger partial charge is 0.336 e. The second-order valence-corrected chi connectivity index (χ2v) is 5.67. The highest BCUT2D eigenvalue weighted by molar-refractivity contribution is 8.00. The third-order valence-corrected chi connectivity index (χ3v) is 4.22. The Hall–Kier alpha value is -2.27. The number of carbonyl (C=O) groups excluding carboxylic acids is 1. The van der Waals surface area contributed by atoms with E-state index in [1.54, 1.807) is 18.2 Å². The average molecular weight is 315 g/mol. The predicted molar refractivity (Wildman–Crippen MR) is 88.6 cm³/mol. The first kappa shape index (κ1) is 16.1. The van der Waals surface area contributed by atoms with Crippen molar-refractivity contribution in [3.8, 4) is 0 Å². The van der Waals surface area contributed by atoms with Crippen molar-refractivity contribution in [3.63, 3.8) is 0 Å². The van der Waals surface area contributed by atoms with Crippen LogP contribution in [0.25, 0.3) is 0 Å². The number of carboxylic acid groups (broad SMARTS) is 1. The zero-order valence-electron chi connectivity index (χ0n) is 12.2. The van der Waals surface area contributed by atoms with Gasteiger partial charge in [0.15, 0.2) is 0 Å². The number of hydrogen-bond donors (Lipinski definition) is 2. The van der Waals surface area contributed by atoms with Gasteiger partial charge in [0.2, 0.25) is 5.91 Å². The predicted octanol–water partition coefficient (Wildman–Crippen LogP) is 3.68. The summed E-state index contributed by atoms with van der Waals surface area (Å²) in [5.41, 5.74) is 2.10. The van der Waals surface area contributed by atoms with E-state index in [-0.39, 0.29) is 17.2 Å². The highest BCUT2D eigenvalue weighted by atomic mass is 32.2. The molecule has 0 atom stereocenters. The fourth-order valence-corrected chi connectivity index (χ4v) is 2.89. The quantitative estimate of drug-likeness (QED) is 0.798. The number of hydrogen-bond acceptors (Lipinski definition) is 3. The molecule has 0 unspecified atom stereocenters. The summed E-state index contributed by atoms with van der Waals surface area (Å²) in [6, 6.07) is 14.3. The van der Waals surface area contributed by atoms with Gasteiger partial charge in [-0.25, -0.2) is 4.79 Å². The van der Waals surface area contributed by atoms with Crippen LogP contribution in [0.3, 0.4) is 0 Å². The maximum atomic E-state index is 12.1. The van der Waals surface area contributed by atoms with Crippen LogP contribution >= 0.6 is 11.8 Å². The van der Waals surface area contributed by atoms with Crippen LogP contribution < -0.4 is 5.32 Å². The maximum Gasteiger partial charge on any atom is 0.336 e. The number of benzene rings is 2. The van der Waals surface area contributed by atoms with Gasteiger partial charge in [-0.2, -0.15) is 0 Å². The molecule has 2 aromatic carbocycles. The van der Waals surface area contributed by atoms with Crippen molar-refractivity contribution in [2.75, 3.05) is 11.1 Å². The fourth-order valence-electron chi connectivity index (χ4n) is 2.05. The number of aryl methyl sites for hydroxylation is 1. The molecule has 0 aliphatic rings. The summed E-state index contributed by atoms with van der Waals surface area (Å²) in [6.07, 6.45) is 0.839. The number of rotatable bonds is 6. The van der Waals surface area contributed by atoms with Gasteiger partial charge in [-0.3, -0.25) is 4.79 Å². The van der Waals surface area contributed by atoms with E-state index in [0.29, 0.717) is 4.90 Å². The second kappa shape index (κ2) is 7.66. The molecule has 0 radical (unpaired) electrons. The van der Waals surface area contributed by atoms with Crippen molar-refractivity contribution in [2.24, 2.45) is 0 Å². The van der Waals surface area contributed by atoms with Gasteiger partial charge in [0.25, 0.3) is 0 Å². The van der Waals surface area contributed by atoms with E-state index >= 15 is 0 Å². The minimum Gasteiger partial charge on any atom is -0.478 e. The summed E-state index contributed by atoms with van der Waals surface area (Å²) >= 11 is 1.22. The Morgan fingerprint density at radius 1 is 1.09 bits per heavy atom. The van der Waals surface area contributed by atoms with Crippen molar-refractivity contribution >= 4 is 29.3 Å². The van der Waals surface area contributed by atoms with Crippen LogP contribution in [0.1, 0.15) is 22.8 Å². The number of carbonyl (C=O) groups is 2. The van der Waals surface area contributed by atoms with Crippen molar-refractivity contribution < 1.29 is 14.7 Å². The largest absolute Gasteiger partial charge is 0.478 e. The molecule has 2 N–H and O–H groups in total. The molecule has 0 aromatic heterocycles. The lowest BCUT2D eigenvalue weighted by molar-refractivity contribution is -0.113. The molecule has 2 aromatic rings. The second-order valence-electron chi connectivity index (χ2n) is 4.65. The Kier molecular flexibility index (Phi) is 5.61. The molecule has 0 spiro atoms. The molecule has 0 aliphatic carbocycles. The van der Waals surface area contributed by atoms with Crippen LogP contribution in [0.2, 0.25) is 0 Å². The van der Waals surface area contributed by atoms with Crippen LogP contribution in [0.4, 0.5) is 5.69 Å². The lowest BCUT2D eigenvalue weighted by Crippen LogP contribution is -2.15. The minimum atomic E-state index is -0.986. The molecule has 0 fully saturated rings. The van der Waals surface area contributed by atoms with Gasteiger partial charge in [-0.1, -0.05) is 37.3 Å². The number of anilines is 1. The van der Waals surface area contributed by atoms with E-state index in [4.69, 9.17) is 5.11 Å². The highest BCUT2D eigenvalue weighted by Gasteiger charge is 2.12. The average Bonchev–Trinajstić information content (AvgIpc) is 2.53. The zero-order chi connectivity index (χ0) is 15.9. The fraction of sp³-hybridized carbons (Fsp3) is 0.176. The van der Waals surface area contributed by atoms with E-state index < -0.39 is 5.97 Å². The van der Waals surface area contributed by atoms with Crippen LogP contribution in [0.15, 0.2) is 53.4 Å². The van der Waals surface area contributed by atoms with Crippen LogP contribution in [-0.4, -0.2) is 22.7 Å². The number of aromatic carboxylic acids is 1. The van der Waals surface area contributed by atoms with Gasteiger partial charge in [-0.05, 0) is 30.2 Å².